The van der Waals surface area contributed by atoms with E-state index in [1.807, 2.05) is 0 Å². The number of pyridine rings is 1. The number of carbonyl (C=O) groups excluding carboxylic acids is 2. The average Bonchev–Trinajstić information content (AvgIpc) is 2.47. The van der Waals surface area contributed by atoms with Gasteiger partial charge in [0, 0.05) is 16.2 Å². The third-order valence-electron chi connectivity index (χ3n) is 2.52. The number of alkyl halides is 1. The standard InChI is InChI=1S/C14H10BrClN2O2/c15-9-5-6-17-12(7-9)14(20)10-3-1-2-4-11(10)18-13(19)8-16/h1-7H,8H2,(H,18,19). The van der Waals surface area contributed by atoms with Crippen molar-refractivity contribution in [3.05, 3.63) is 58.3 Å². The molecule has 20 heavy (non-hydrogen) atoms. The topological polar surface area (TPSA) is 59.1 Å². The summed E-state index contributed by atoms with van der Waals surface area (Å²) < 4.78 is 0.762. The van der Waals surface area contributed by atoms with Crippen LogP contribution in [0.2, 0.25) is 0 Å². The van der Waals surface area contributed by atoms with E-state index in [0.717, 1.165) is 4.47 Å². The van der Waals surface area contributed by atoms with E-state index >= 15 is 0 Å². The highest BCUT2D eigenvalue weighted by molar-refractivity contribution is 9.10. The number of nitrogens with one attached hydrogen (secondary N) is 1. The van der Waals surface area contributed by atoms with E-state index in [9.17, 15) is 9.59 Å². The number of hydrogen-bond donors (Lipinski definition) is 1. The number of nitrogens with zero attached hydrogens (tertiary/aromatic N) is 1. The minimum Gasteiger partial charge on any atom is -0.324 e. The number of rotatable bonds is 4. The lowest BCUT2D eigenvalue weighted by Crippen LogP contribution is -2.16. The Morgan fingerprint density at radius 2 is 2.00 bits per heavy atom. The molecular weight excluding hydrogens is 344 g/mol. The first-order valence-corrected chi connectivity index (χ1v) is 7.05. The molecule has 1 amide bonds. The molecule has 6 heteroatoms. The lowest BCUT2D eigenvalue weighted by atomic mass is 10.1. The van der Waals surface area contributed by atoms with Gasteiger partial charge in [0.15, 0.2) is 0 Å². The molecule has 1 heterocycles. The summed E-state index contributed by atoms with van der Waals surface area (Å²) >= 11 is 8.75. The monoisotopic (exact) mass is 352 g/mol. The predicted molar refractivity (Wildman–Crippen MR) is 81.2 cm³/mol. The molecule has 0 saturated carbocycles. The number of hydrogen-bond acceptors (Lipinski definition) is 3. The highest BCUT2D eigenvalue weighted by atomic mass is 79.9. The van der Waals surface area contributed by atoms with Crippen LogP contribution in [-0.2, 0) is 4.79 Å². The second-order valence-corrected chi connectivity index (χ2v) is 5.10. The van der Waals surface area contributed by atoms with Crippen molar-refractivity contribution in [2.75, 3.05) is 11.2 Å². The maximum Gasteiger partial charge on any atom is 0.239 e. The molecule has 0 bridgehead atoms. The van der Waals surface area contributed by atoms with Crippen LogP contribution in [0.15, 0.2) is 47.1 Å². The molecule has 0 aliphatic carbocycles. The van der Waals surface area contributed by atoms with Crippen molar-refractivity contribution >= 4 is 44.9 Å². The molecule has 2 rings (SSSR count). The van der Waals surface area contributed by atoms with Gasteiger partial charge in [-0.3, -0.25) is 14.6 Å². The predicted octanol–water partition coefficient (Wildman–Crippen LogP) is 3.25. The number of halogens is 2. The van der Waals surface area contributed by atoms with Crippen LogP contribution in [0.3, 0.4) is 0 Å². The van der Waals surface area contributed by atoms with Crippen LogP contribution in [0.1, 0.15) is 16.1 Å². The first-order valence-electron chi connectivity index (χ1n) is 5.73. The van der Waals surface area contributed by atoms with E-state index in [1.165, 1.54) is 6.20 Å². The molecular formula is C14H10BrClN2O2. The molecule has 2 aromatic rings. The average molecular weight is 354 g/mol. The molecule has 0 aliphatic rings. The molecule has 1 N–H and O–H groups in total. The minimum atomic E-state index is -0.367. The first-order chi connectivity index (χ1) is 9.61. The highest BCUT2D eigenvalue weighted by Crippen LogP contribution is 2.20. The number of para-hydroxylation sites is 1. The van der Waals surface area contributed by atoms with Crippen LogP contribution in [0.25, 0.3) is 0 Å². The van der Waals surface area contributed by atoms with Gasteiger partial charge in [0.2, 0.25) is 11.7 Å². The number of carbonyl (C=O) groups is 2. The van der Waals surface area contributed by atoms with E-state index in [0.29, 0.717) is 16.9 Å². The summed E-state index contributed by atoms with van der Waals surface area (Å²) in [6.07, 6.45) is 1.54. The normalized spacial score (nSPS) is 10.1. The summed E-state index contributed by atoms with van der Waals surface area (Å²) in [5.74, 6) is -0.802. The van der Waals surface area contributed by atoms with E-state index in [2.05, 4.69) is 26.2 Å². The molecule has 0 spiro atoms. The molecule has 1 aromatic carbocycles. The maximum atomic E-state index is 12.4. The van der Waals surface area contributed by atoms with E-state index < -0.39 is 0 Å². The maximum absolute atomic E-state index is 12.4. The molecule has 1 aromatic heterocycles. The number of aromatic nitrogens is 1. The molecule has 0 unspecified atom stereocenters. The Labute approximate surface area is 129 Å². The zero-order chi connectivity index (χ0) is 14.5. The fourth-order valence-corrected chi connectivity index (χ4v) is 2.04. The summed E-state index contributed by atoms with van der Waals surface area (Å²) in [6.45, 7) is 0. The smallest absolute Gasteiger partial charge is 0.239 e. The minimum absolute atomic E-state index is 0.169. The number of ketones is 1. The zero-order valence-electron chi connectivity index (χ0n) is 10.3. The van der Waals surface area contributed by atoms with Gasteiger partial charge < -0.3 is 5.32 Å². The van der Waals surface area contributed by atoms with Gasteiger partial charge in [-0.1, -0.05) is 28.1 Å². The summed E-state index contributed by atoms with van der Waals surface area (Å²) in [5.41, 5.74) is 1.09. The van der Waals surface area contributed by atoms with Crippen molar-refractivity contribution in [2.45, 2.75) is 0 Å². The first kappa shape index (κ1) is 14.7. The molecule has 0 fully saturated rings. The number of amides is 1. The van der Waals surface area contributed by atoms with Crippen molar-refractivity contribution in [2.24, 2.45) is 0 Å². The summed E-state index contributed by atoms with van der Waals surface area (Å²) in [7, 11) is 0. The summed E-state index contributed by atoms with van der Waals surface area (Å²) in [6, 6.07) is 10.1. The van der Waals surface area contributed by atoms with Gasteiger partial charge in [0.25, 0.3) is 0 Å². The Morgan fingerprint density at radius 1 is 1.25 bits per heavy atom. The molecule has 0 radical (unpaired) electrons. The van der Waals surface area contributed by atoms with E-state index in [1.54, 1.807) is 36.4 Å². The van der Waals surface area contributed by atoms with Crippen LogP contribution < -0.4 is 5.32 Å². The fraction of sp³-hybridized carbons (Fsp3) is 0.0714. The van der Waals surface area contributed by atoms with Crippen molar-refractivity contribution in [1.29, 1.82) is 0 Å². The molecule has 0 saturated heterocycles. The number of benzene rings is 1. The Kier molecular flexibility index (Phi) is 4.87. The lowest BCUT2D eigenvalue weighted by molar-refractivity contribution is -0.113. The molecule has 4 nitrogen and oxygen atoms in total. The van der Waals surface area contributed by atoms with Crippen molar-refractivity contribution in [3.63, 3.8) is 0 Å². The Bertz CT molecular complexity index is 661. The third-order valence-corrected chi connectivity index (χ3v) is 3.26. The fourth-order valence-electron chi connectivity index (χ4n) is 1.64. The van der Waals surface area contributed by atoms with Crippen molar-refractivity contribution in [3.8, 4) is 0 Å². The lowest BCUT2D eigenvalue weighted by Gasteiger charge is -2.09. The summed E-state index contributed by atoms with van der Waals surface area (Å²) in [5, 5.41) is 2.59. The second-order valence-electron chi connectivity index (χ2n) is 3.92. The van der Waals surface area contributed by atoms with Gasteiger partial charge in [-0.15, -0.1) is 11.6 Å². The Balaban J connectivity index is 2.37. The van der Waals surface area contributed by atoms with Gasteiger partial charge in [-0.25, -0.2) is 0 Å². The van der Waals surface area contributed by atoms with Crippen LogP contribution in [0.5, 0.6) is 0 Å². The highest BCUT2D eigenvalue weighted by Gasteiger charge is 2.15. The van der Waals surface area contributed by atoms with Crippen LogP contribution in [0, 0.1) is 0 Å². The number of anilines is 1. The Hall–Kier alpha value is -1.72. The summed E-state index contributed by atoms with van der Waals surface area (Å²) in [4.78, 5) is 27.8. The van der Waals surface area contributed by atoms with Gasteiger partial charge in [-0.2, -0.15) is 0 Å². The quantitative estimate of drug-likeness (QED) is 0.678. The van der Waals surface area contributed by atoms with Gasteiger partial charge in [-0.05, 0) is 24.3 Å². The third kappa shape index (κ3) is 3.43. The van der Waals surface area contributed by atoms with Crippen molar-refractivity contribution < 1.29 is 9.59 Å². The second kappa shape index (κ2) is 6.63. The van der Waals surface area contributed by atoms with Crippen LogP contribution >= 0.6 is 27.5 Å². The van der Waals surface area contributed by atoms with E-state index in [4.69, 9.17) is 11.6 Å². The SMILES string of the molecule is O=C(CCl)Nc1ccccc1C(=O)c1cc(Br)ccn1. The van der Waals surface area contributed by atoms with Gasteiger partial charge in [0.05, 0.1) is 5.69 Å². The zero-order valence-corrected chi connectivity index (χ0v) is 12.6. The Morgan fingerprint density at radius 3 is 2.70 bits per heavy atom. The van der Waals surface area contributed by atoms with Gasteiger partial charge >= 0.3 is 0 Å². The molecule has 0 aliphatic heterocycles. The van der Waals surface area contributed by atoms with Crippen molar-refractivity contribution in [1.82, 2.24) is 4.98 Å². The van der Waals surface area contributed by atoms with E-state index in [-0.39, 0.29) is 17.6 Å². The largest absolute Gasteiger partial charge is 0.324 e. The van der Waals surface area contributed by atoms with Crippen LogP contribution in [-0.4, -0.2) is 22.6 Å². The van der Waals surface area contributed by atoms with Gasteiger partial charge in [0.1, 0.15) is 11.6 Å². The molecule has 102 valence electrons. The van der Waals surface area contributed by atoms with Crippen LogP contribution in [0.4, 0.5) is 5.69 Å². The molecule has 0 atom stereocenters.